The van der Waals surface area contributed by atoms with Gasteiger partial charge in [0.05, 0.1) is 19.0 Å². The first kappa shape index (κ1) is 15.8. The smallest absolute Gasteiger partial charge is 0.200 e. The third kappa shape index (κ3) is 4.02. The number of nitrogens with two attached hydrogens (primary N) is 1. The quantitative estimate of drug-likeness (QED) is 0.631. The molecular formula is C15H16N8O. The minimum Gasteiger partial charge on any atom is -0.493 e. The van der Waals surface area contributed by atoms with E-state index in [9.17, 15) is 0 Å². The second-order valence-corrected chi connectivity index (χ2v) is 4.85. The van der Waals surface area contributed by atoms with Gasteiger partial charge in [0.25, 0.3) is 0 Å². The van der Waals surface area contributed by atoms with Gasteiger partial charge in [-0.25, -0.2) is 15.0 Å². The summed E-state index contributed by atoms with van der Waals surface area (Å²) in [7, 11) is 0. The van der Waals surface area contributed by atoms with Crippen LogP contribution in [0.1, 0.15) is 12.8 Å². The molecule has 2 N–H and O–H groups in total. The van der Waals surface area contributed by atoms with Crippen molar-refractivity contribution < 1.29 is 4.74 Å². The van der Waals surface area contributed by atoms with Crippen LogP contribution in [0, 0.1) is 0 Å². The fraction of sp³-hybridized carbons (Fsp3) is 0.267. The first-order valence-corrected chi connectivity index (χ1v) is 7.50. The average molecular weight is 324 g/mol. The van der Waals surface area contributed by atoms with E-state index in [1.54, 1.807) is 24.5 Å². The Morgan fingerprint density at radius 1 is 0.833 bits per heavy atom. The summed E-state index contributed by atoms with van der Waals surface area (Å²) < 4.78 is 5.78. The van der Waals surface area contributed by atoms with Crippen LogP contribution in [0.25, 0.3) is 23.0 Å². The van der Waals surface area contributed by atoms with Crippen LogP contribution in [0.3, 0.4) is 0 Å². The lowest BCUT2D eigenvalue weighted by Gasteiger charge is -2.09. The highest BCUT2D eigenvalue weighted by molar-refractivity contribution is 5.60. The van der Waals surface area contributed by atoms with Crippen LogP contribution >= 0.6 is 0 Å². The van der Waals surface area contributed by atoms with E-state index >= 15 is 0 Å². The number of pyridine rings is 1. The van der Waals surface area contributed by atoms with Gasteiger partial charge in [-0.3, -0.25) is 0 Å². The number of aromatic nitrogens is 7. The van der Waals surface area contributed by atoms with Crippen LogP contribution in [0.15, 0.2) is 36.9 Å². The first-order chi connectivity index (χ1) is 11.9. The normalized spacial score (nSPS) is 10.5. The lowest BCUT2D eigenvalue weighted by Crippen LogP contribution is -2.04. The Hall–Kier alpha value is -3.07. The highest BCUT2D eigenvalue weighted by atomic mass is 16.5. The summed E-state index contributed by atoms with van der Waals surface area (Å²) in [6.07, 6.45) is 7.89. The van der Waals surface area contributed by atoms with Crippen molar-refractivity contribution in [3.05, 3.63) is 36.9 Å². The maximum atomic E-state index is 5.78. The fourth-order valence-corrected chi connectivity index (χ4v) is 1.98. The van der Waals surface area contributed by atoms with E-state index in [0.29, 0.717) is 41.9 Å². The number of ether oxygens (including phenoxy) is 1. The van der Waals surface area contributed by atoms with E-state index < -0.39 is 0 Å². The molecule has 0 amide bonds. The third-order valence-electron chi connectivity index (χ3n) is 3.09. The van der Waals surface area contributed by atoms with Crippen molar-refractivity contribution in [2.45, 2.75) is 12.8 Å². The molecule has 24 heavy (non-hydrogen) atoms. The lowest BCUT2D eigenvalue weighted by molar-refractivity contribution is 0.308. The number of hydrogen-bond donors (Lipinski definition) is 1. The molecule has 3 aromatic heterocycles. The summed E-state index contributed by atoms with van der Waals surface area (Å²) in [6.45, 7) is 1.20. The topological polar surface area (TPSA) is 125 Å². The van der Waals surface area contributed by atoms with Gasteiger partial charge in [-0.15, -0.1) is 10.2 Å². The molecule has 0 aliphatic heterocycles. The molecule has 3 rings (SSSR count). The number of unbranched alkanes of at least 4 members (excludes halogenated alkanes) is 1. The molecule has 0 aliphatic rings. The molecule has 9 nitrogen and oxygen atoms in total. The molecular weight excluding hydrogens is 308 g/mol. The third-order valence-corrected chi connectivity index (χ3v) is 3.09. The second kappa shape index (κ2) is 7.97. The second-order valence-electron chi connectivity index (χ2n) is 4.85. The standard InChI is InChI=1S/C15H16N8O/c16-3-1-2-8-24-11-9-12(14-17-4-6-19-22-14)21-13(10-11)15-18-5-7-20-23-15/h4-7,9-10H,1-3,8,16H2. The zero-order chi connectivity index (χ0) is 16.6. The van der Waals surface area contributed by atoms with Crippen LogP contribution in [-0.2, 0) is 0 Å². The Bertz CT molecular complexity index is 711. The van der Waals surface area contributed by atoms with Crippen molar-refractivity contribution in [3.8, 4) is 28.8 Å². The minimum atomic E-state index is 0.398. The van der Waals surface area contributed by atoms with Gasteiger partial charge in [0, 0.05) is 24.5 Å². The SMILES string of the molecule is NCCCCOc1cc(-c2nccnn2)nc(-c2nccnn2)c1. The van der Waals surface area contributed by atoms with Crippen molar-refractivity contribution >= 4 is 0 Å². The zero-order valence-corrected chi connectivity index (χ0v) is 12.9. The lowest BCUT2D eigenvalue weighted by atomic mass is 10.2. The molecule has 3 heterocycles. The van der Waals surface area contributed by atoms with Crippen molar-refractivity contribution in [3.63, 3.8) is 0 Å². The summed E-state index contributed by atoms with van der Waals surface area (Å²) in [5.74, 6) is 1.43. The first-order valence-electron chi connectivity index (χ1n) is 7.50. The molecule has 0 saturated carbocycles. The van der Waals surface area contributed by atoms with E-state index in [-0.39, 0.29) is 0 Å². The monoisotopic (exact) mass is 324 g/mol. The summed E-state index contributed by atoms with van der Waals surface area (Å²) in [4.78, 5) is 12.8. The highest BCUT2D eigenvalue weighted by Crippen LogP contribution is 2.24. The van der Waals surface area contributed by atoms with Gasteiger partial charge in [-0.2, -0.15) is 10.2 Å². The number of nitrogens with zero attached hydrogens (tertiary/aromatic N) is 7. The highest BCUT2D eigenvalue weighted by Gasteiger charge is 2.12. The van der Waals surface area contributed by atoms with E-state index in [0.717, 1.165) is 12.8 Å². The fourth-order valence-electron chi connectivity index (χ4n) is 1.98. The predicted octanol–water partition coefficient (Wildman–Crippen LogP) is 0.903. The minimum absolute atomic E-state index is 0.398. The summed E-state index contributed by atoms with van der Waals surface area (Å²) in [5, 5.41) is 15.6. The van der Waals surface area contributed by atoms with Crippen LogP contribution in [0.2, 0.25) is 0 Å². The Kier molecular flexibility index (Phi) is 5.25. The Morgan fingerprint density at radius 2 is 1.46 bits per heavy atom. The molecule has 0 spiro atoms. The maximum Gasteiger partial charge on any atom is 0.200 e. The van der Waals surface area contributed by atoms with Crippen molar-refractivity contribution in [2.24, 2.45) is 5.73 Å². The zero-order valence-electron chi connectivity index (χ0n) is 12.9. The van der Waals surface area contributed by atoms with Gasteiger partial charge in [-0.1, -0.05) is 0 Å². The molecule has 0 aromatic carbocycles. The van der Waals surface area contributed by atoms with E-state index in [1.165, 1.54) is 12.4 Å². The van der Waals surface area contributed by atoms with Crippen molar-refractivity contribution in [1.82, 2.24) is 35.3 Å². The largest absolute Gasteiger partial charge is 0.493 e. The molecule has 0 saturated heterocycles. The van der Waals surface area contributed by atoms with Crippen LogP contribution in [-0.4, -0.2) is 48.5 Å². The molecule has 0 bridgehead atoms. The van der Waals surface area contributed by atoms with Crippen LogP contribution in [0.4, 0.5) is 0 Å². The van der Waals surface area contributed by atoms with Gasteiger partial charge in [0.1, 0.15) is 17.1 Å². The predicted molar refractivity (Wildman–Crippen MR) is 85.7 cm³/mol. The molecule has 0 atom stereocenters. The number of hydrogen-bond acceptors (Lipinski definition) is 9. The van der Waals surface area contributed by atoms with Crippen LogP contribution < -0.4 is 10.5 Å². The van der Waals surface area contributed by atoms with E-state index in [2.05, 4.69) is 35.3 Å². The van der Waals surface area contributed by atoms with Gasteiger partial charge in [0.2, 0.25) is 11.6 Å². The van der Waals surface area contributed by atoms with E-state index in [1.807, 2.05) is 0 Å². The van der Waals surface area contributed by atoms with Crippen molar-refractivity contribution in [2.75, 3.05) is 13.2 Å². The van der Waals surface area contributed by atoms with Crippen molar-refractivity contribution in [1.29, 1.82) is 0 Å². The molecule has 122 valence electrons. The van der Waals surface area contributed by atoms with Gasteiger partial charge < -0.3 is 10.5 Å². The van der Waals surface area contributed by atoms with Gasteiger partial charge >= 0.3 is 0 Å². The van der Waals surface area contributed by atoms with Gasteiger partial charge in [0.15, 0.2) is 0 Å². The molecule has 0 unspecified atom stereocenters. The van der Waals surface area contributed by atoms with Crippen LogP contribution in [0.5, 0.6) is 5.75 Å². The molecule has 0 radical (unpaired) electrons. The summed E-state index contributed by atoms with van der Waals surface area (Å²) in [5.41, 5.74) is 6.55. The number of rotatable bonds is 7. The molecule has 0 fully saturated rings. The summed E-state index contributed by atoms with van der Waals surface area (Å²) >= 11 is 0. The Balaban J connectivity index is 1.93. The average Bonchev–Trinajstić information content (AvgIpc) is 2.66. The Morgan fingerprint density at radius 3 is 1.96 bits per heavy atom. The molecule has 0 aliphatic carbocycles. The van der Waals surface area contributed by atoms with Gasteiger partial charge in [-0.05, 0) is 19.4 Å². The molecule has 9 heteroatoms. The molecule has 3 aromatic rings. The Labute approximate surface area is 138 Å². The summed E-state index contributed by atoms with van der Waals surface area (Å²) in [6, 6.07) is 3.53. The maximum absolute atomic E-state index is 5.78. The van der Waals surface area contributed by atoms with E-state index in [4.69, 9.17) is 10.5 Å².